The SMILES string of the molecule is CC1O[C@@H](OC2C3OC(=O)O[C@H]3C(CO[Si](C(C)C)(C(C)C)C(C)C)O[C@H]2OC2C=COC(CO[Si](C(C)C)(C(C)C)C(C)C)[C@@H]2O)C(OCc2ccccc2)C(OCc2ccccc2)[C@@H]1OCc1ccccc1. The number of hydrogen-bond donors (Lipinski definition) is 1. The number of aliphatic hydroxyl groups excluding tert-OH is 1. The summed E-state index contributed by atoms with van der Waals surface area (Å²) in [6.45, 7) is 29.6. The molecule has 0 aromatic heterocycles. The lowest BCUT2D eigenvalue weighted by molar-refractivity contribution is -0.371. The van der Waals surface area contributed by atoms with Crippen molar-refractivity contribution in [3.8, 4) is 0 Å². The van der Waals surface area contributed by atoms with Gasteiger partial charge in [-0.1, -0.05) is 174 Å². The Morgan fingerprint density at radius 2 is 0.932 bits per heavy atom. The molecule has 0 aliphatic carbocycles. The molecule has 4 aliphatic heterocycles. The second-order valence-corrected chi connectivity index (χ2v) is 33.3. The van der Waals surface area contributed by atoms with Gasteiger partial charge in [-0.15, -0.1) is 0 Å². The molecule has 0 bridgehead atoms. The molecular formula is C58H86O14Si2. The van der Waals surface area contributed by atoms with Crippen molar-refractivity contribution in [3.05, 3.63) is 120 Å². The fourth-order valence-corrected chi connectivity index (χ4v) is 23.3. The number of hydrogen-bond acceptors (Lipinski definition) is 14. The van der Waals surface area contributed by atoms with E-state index in [1.54, 1.807) is 12.3 Å². The first-order valence-corrected chi connectivity index (χ1v) is 31.4. The third-order valence-electron chi connectivity index (χ3n) is 15.9. The van der Waals surface area contributed by atoms with E-state index in [1.165, 1.54) is 0 Å². The van der Waals surface area contributed by atoms with Crippen molar-refractivity contribution in [1.82, 2.24) is 0 Å². The van der Waals surface area contributed by atoms with Gasteiger partial charge in [-0.3, -0.25) is 0 Å². The van der Waals surface area contributed by atoms with E-state index in [4.69, 9.17) is 56.2 Å². The maximum atomic E-state index is 13.5. The molecule has 3 aromatic carbocycles. The van der Waals surface area contributed by atoms with Crippen molar-refractivity contribution < 1.29 is 66.1 Å². The third kappa shape index (κ3) is 13.2. The third-order valence-corrected chi connectivity index (χ3v) is 28.0. The van der Waals surface area contributed by atoms with Crippen molar-refractivity contribution in [2.24, 2.45) is 0 Å². The summed E-state index contributed by atoms with van der Waals surface area (Å²) in [5.74, 6) is 0. The second kappa shape index (κ2) is 26.2. The van der Waals surface area contributed by atoms with Crippen molar-refractivity contribution >= 4 is 22.8 Å². The van der Waals surface area contributed by atoms with Crippen LogP contribution in [0.5, 0.6) is 0 Å². The Labute approximate surface area is 443 Å². The molecule has 0 saturated carbocycles. The number of fused-ring (bicyclic) bond motifs is 1. The highest BCUT2D eigenvalue weighted by atomic mass is 28.4. The van der Waals surface area contributed by atoms with Crippen LogP contribution in [0.15, 0.2) is 103 Å². The first-order chi connectivity index (χ1) is 35.4. The molecule has 4 heterocycles. The van der Waals surface area contributed by atoms with Crippen LogP contribution in [-0.4, -0.2) is 121 Å². The van der Waals surface area contributed by atoms with Gasteiger partial charge in [-0.05, 0) is 62.9 Å². The predicted octanol–water partition coefficient (Wildman–Crippen LogP) is 11.5. The van der Waals surface area contributed by atoms with Gasteiger partial charge < -0.3 is 61.3 Å². The van der Waals surface area contributed by atoms with Gasteiger partial charge in [0.2, 0.25) is 8.32 Å². The maximum absolute atomic E-state index is 13.5. The molecule has 0 amide bonds. The highest BCUT2D eigenvalue weighted by Gasteiger charge is 2.60. The number of aliphatic hydroxyl groups is 1. The molecule has 7 rings (SSSR count). The summed E-state index contributed by atoms with van der Waals surface area (Å²) >= 11 is 0. The van der Waals surface area contributed by atoms with E-state index in [0.29, 0.717) is 23.2 Å². The number of ether oxygens (including phenoxy) is 10. The van der Waals surface area contributed by atoms with Gasteiger partial charge in [-0.25, -0.2) is 4.79 Å². The molecule has 3 aromatic rings. The van der Waals surface area contributed by atoms with E-state index in [-0.39, 0.29) is 43.1 Å². The smallest absolute Gasteiger partial charge is 0.493 e. The first kappa shape index (κ1) is 58.2. The number of rotatable bonds is 25. The zero-order valence-corrected chi connectivity index (χ0v) is 48.1. The van der Waals surface area contributed by atoms with Crippen LogP contribution < -0.4 is 0 Å². The monoisotopic (exact) mass is 1060 g/mol. The number of carbonyl (C=O) groups excluding carboxylic acids is 1. The van der Waals surface area contributed by atoms with Gasteiger partial charge in [0.15, 0.2) is 39.2 Å². The molecule has 4 aliphatic rings. The van der Waals surface area contributed by atoms with Crippen molar-refractivity contribution in [2.45, 2.75) is 223 Å². The first-order valence-electron chi connectivity index (χ1n) is 27.1. The Morgan fingerprint density at radius 3 is 1.41 bits per heavy atom. The van der Waals surface area contributed by atoms with Gasteiger partial charge in [0.25, 0.3) is 0 Å². The van der Waals surface area contributed by atoms with Gasteiger partial charge in [0, 0.05) is 0 Å². The van der Waals surface area contributed by atoms with E-state index < -0.39 is 103 Å². The van der Waals surface area contributed by atoms with Crippen LogP contribution in [0.2, 0.25) is 33.2 Å². The normalized spacial score (nSPS) is 29.6. The van der Waals surface area contributed by atoms with E-state index in [1.807, 2.05) is 97.9 Å². The van der Waals surface area contributed by atoms with Gasteiger partial charge in [0.1, 0.15) is 42.7 Å². The summed E-state index contributed by atoms with van der Waals surface area (Å²) < 4.78 is 80.8. The molecule has 74 heavy (non-hydrogen) atoms. The Balaban J connectivity index is 1.24. The topological polar surface area (TPSA) is 148 Å². The van der Waals surface area contributed by atoms with Gasteiger partial charge in [-0.2, -0.15) is 0 Å². The standard InChI is InChI=1S/C58H86O14Si2/c1-36(2)73(37(3)4,38(5)6)65-34-47-49(59)46(29-30-61-47)68-57-55(53-51(71-58(60)72-53)48(69-57)35-66-74(39(7)8,40(9)10)41(11)12)70-56-54(64-33-45-27-21-16-22-28-45)52(63-32-44-25-19-15-20-26-44)50(42(13)67-56)62-31-43-23-17-14-18-24-43/h14-30,36-42,46-57,59H,31-35H2,1-13H3/t42?,46?,47?,48?,49-,50-,51+,52?,53?,54?,55?,56+,57-/m1/s1. The highest BCUT2D eigenvalue weighted by molar-refractivity contribution is 6.78. The van der Waals surface area contributed by atoms with Crippen LogP contribution in [0.4, 0.5) is 4.79 Å². The Morgan fingerprint density at radius 1 is 0.514 bits per heavy atom. The Hall–Kier alpha value is -3.50. The van der Waals surface area contributed by atoms with Crippen molar-refractivity contribution in [2.75, 3.05) is 13.2 Å². The molecule has 0 radical (unpaired) electrons. The zero-order valence-electron chi connectivity index (χ0n) is 46.1. The summed E-state index contributed by atoms with van der Waals surface area (Å²) in [4.78, 5) is 13.5. The fourth-order valence-electron chi connectivity index (χ4n) is 12.4. The Bertz CT molecular complexity index is 2140. The van der Waals surface area contributed by atoms with Crippen LogP contribution in [-0.2, 0) is 76.0 Å². The highest BCUT2D eigenvalue weighted by Crippen LogP contribution is 2.45. The molecule has 1 N–H and O–H groups in total. The molecular weight excluding hydrogens is 977 g/mol. The minimum atomic E-state index is -2.46. The summed E-state index contributed by atoms with van der Waals surface area (Å²) in [5.41, 5.74) is 4.67. The predicted molar refractivity (Wildman–Crippen MR) is 287 cm³/mol. The molecule has 8 unspecified atom stereocenters. The van der Waals surface area contributed by atoms with Crippen molar-refractivity contribution in [3.63, 3.8) is 0 Å². The van der Waals surface area contributed by atoms with Gasteiger partial charge >= 0.3 is 6.16 Å². The number of carbonyl (C=O) groups is 1. The maximum Gasteiger partial charge on any atom is 0.509 e. The average molecular weight is 1060 g/mol. The van der Waals surface area contributed by atoms with E-state index in [9.17, 15) is 9.90 Å². The number of benzene rings is 3. The average Bonchev–Trinajstić information content (AvgIpc) is 3.76. The molecule has 3 fully saturated rings. The molecule has 410 valence electrons. The lowest BCUT2D eigenvalue weighted by Gasteiger charge is -2.49. The van der Waals surface area contributed by atoms with Crippen LogP contribution in [0.1, 0.15) is 107 Å². The zero-order chi connectivity index (χ0) is 53.3. The van der Waals surface area contributed by atoms with Crippen LogP contribution in [0.25, 0.3) is 0 Å². The molecule has 13 atom stereocenters. The summed E-state index contributed by atoms with van der Waals surface area (Å²) in [6, 6.07) is 29.7. The lowest BCUT2D eigenvalue weighted by Crippen LogP contribution is -2.65. The van der Waals surface area contributed by atoms with Crippen LogP contribution in [0.3, 0.4) is 0 Å². The van der Waals surface area contributed by atoms with E-state index >= 15 is 0 Å². The second-order valence-electron chi connectivity index (χ2n) is 22.4. The summed E-state index contributed by atoms with van der Waals surface area (Å²) in [7, 11) is -4.80. The molecule has 3 saturated heterocycles. The Kier molecular flexibility index (Phi) is 20.6. The minimum absolute atomic E-state index is 0.107. The van der Waals surface area contributed by atoms with Crippen LogP contribution in [0, 0.1) is 0 Å². The van der Waals surface area contributed by atoms with Crippen molar-refractivity contribution in [1.29, 1.82) is 0 Å². The fraction of sp³-hybridized carbons (Fsp3) is 0.638. The van der Waals surface area contributed by atoms with E-state index in [0.717, 1.165) is 16.7 Å². The van der Waals surface area contributed by atoms with Gasteiger partial charge in [0.05, 0.1) is 45.4 Å². The largest absolute Gasteiger partial charge is 0.509 e. The van der Waals surface area contributed by atoms with E-state index in [2.05, 4.69) is 83.1 Å². The summed E-state index contributed by atoms with van der Waals surface area (Å²) in [5, 5.41) is 12.2. The quantitative estimate of drug-likeness (QED) is 0.0634. The van der Waals surface area contributed by atoms with Crippen LogP contribution >= 0.6 is 0 Å². The minimum Gasteiger partial charge on any atom is -0.493 e. The lowest BCUT2D eigenvalue weighted by atomic mass is 9.96. The summed E-state index contributed by atoms with van der Waals surface area (Å²) in [6.07, 6.45) is -9.82. The molecule has 16 heteroatoms. The molecule has 14 nitrogen and oxygen atoms in total. The molecule has 0 spiro atoms.